The maximum atomic E-state index is 5.98. The first kappa shape index (κ1) is 9.77. The van der Waals surface area contributed by atoms with E-state index in [0.717, 1.165) is 6.54 Å². The number of hydrogen-bond donors (Lipinski definition) is 2. The first-order valence-electron chi connectivity index (χ1n) is 4.23. The summed E-state index contributed by atoms with van der Waals surface area (Å²) in [7, 11) is 0. The van der Waals surface area contributed by atoms with Crippen molar-refractivity contribution in [2.75, 3.05) is 11.9 Å². The molecule has 1 heterocycles. The normalized spacial score (nSPS) is 20.0. The van der Waals surface area contributed by atoms with Gasteiger partial charge in [-0.25, -0.2) is 0 Å². The summed E-state index contributed by atoms with van der Waals surface area (Å²) in [4.78, 5) is 4.15. The molecule has 74 valence electrons. The fourth-order valence-electron chi connectivity index (χ4n) is 1.24. The molecule has 0 bridgehead atoms. The predicted molar refractivity (Wildman–Crippen MR) is 60.4 cm³/mol. The zero-order chi connectivity index (χ0) is 9.97. The van der Waals surface area contributed by atoms with Crippen molar-refractivity contribution >= 4 is 35.1 Å². The SMILES string of the molecule is Clc1cccc(Cl)c1NC1N=CCN1. The molecule has 1 aliphatic heterocycles. The van der Waals surface area contributed by atoms with Crippen molar-refractivity contribution in [2.24, 2.45) is 4.99 Å². The van der Waals surface area contributed by atoms with Crippen LogP contribution in [0.5, 0.6) is 0 Å². The average molecular weight is 230 g/mol. The zero-order valence-electron chi connectivity index (χ0n) is 7.30. The third-order valence-electron chi connectivity index (χ3n) is 1.90. The van der Waals surface area contributed by atoms with Gasteiger partial charge in [-0.05, 0) is 12.1 Å². The van der Waals surface area contributed by atoms with Crippen LogP contribution in [0.2, 0.25) is 10.0 Å². The van der Waals surface area contributed by atoms with Crippen LogP contribution in [0, 0.1) is 0 Å². The second-order valence-electron chi connectivity index (χ2n) is 2.88. The summed E-state index contributed by atoms with van der Waals surface area (Å²) in [5.41, 5.74) is 0.715. The molecule has 0 aliphatic carbocycles. The molecule has 1 aromatic rings. The summed E-state index contributed by atoms with van der Waals surface area (Å²) in [5.74, 6) is 0. The Morgan fingerprint density at radius 1 is 1.36 bits per heavy atom. The van der Waals surface area contributed by atoms with Crippen molar-refractivity contribution < 1.29 is 0 Å². The Hall–Kier alpha value is -0.770. The number of nitrogens with one attached hydrogen (secondary N) is 2. The molecule has 0 aromatic heterocycles. The molecule has 0 amide bonds. The van der Waals surface area contributed by atoms with Crippen LogP contribution < -0.4 is 10.6 Å². The number of nitrogens with zero attached hydrogens (tertiary/aromatic N) is 1. The Bertz CT molecular complexity index is 345. The van der Waals surface area contributed by atoms with Gasteiger partial charge in [0.05, 0.1) is 15.7 Å². The van der Waals surface area contributed by atoms with Gasteiger partial charge in [0.25, 0.3) is 0 Å². The third-order valence-corrected chi connectivity index (χ3v) is 2.53. The molecule has 1 atom stereocenters. The summed E-state index contributed by atoms with van der Waals surface area (Å²) in [5, 5.41) is 7.41. The lowest BCUT2D eigenvalue weighted by Gasteiger charge is -2.14. The maximum Gasteiger partial charge on any atom is 0.173 e. The van der Waals surface area contributed by atoms with E-state index in [1.165, 1.54) is 0 Å². The summed E-state index contributed by atoms with van der Waals surface area (Å²) >= 11 is 12.0. The van der Waals surface area contributed by atoms with Crippen LogP contribution in [0.4, 0.5) is 5.69 Å². The van der Waals surface area contributed by atoms with E-state index in [1.807, 2.05) is 6.21 Å². The molecule has 0 saturated carbocycles. The van der Waals surface area contributed by atoms with Gasteiger partial charge in [0.2, 0.25) is 0 Å². The van der Waals surface area contributed by atoms with Crippen molar-refractivity contribution in [3.8, 4) is 0 Å². The maximum absolute atomic E-state index is 5.98. The van der Waals surface area contributed by atoms with Gasteiger partial charge in [0, 0.05) is 12.8 Å². The Morgan fingerprint density at radius 2 is 2.07 bits per heavy atom. The fraction of sp³-hybridized carbons (Fsp3) is 0.222. The summed E-state index contributed by atoms with van der Waals surface area (Å²) in [6.07, 6.45) is 1.68. The summed E-state index contributed by atoms with van der Waals surface area (Å²) < 4.78 is 0. The molecule has 2 N–H and O–H groups in total. The molecule has 0 saturated heterocycles. The van der Waals surface area contributed by atoms with E-state index < -0.39 is 0 Å². The number of benzene rings is 1. The van der Waals surface area contributed by atoms with E-state index in [9.17, 15) is 0 Å². The van der Waals surface area contributed by atoms with Crippen LogP contribution in [0.3, 0.4) is 0 Å². The van der Waals surface area contributed by atoms with E-state index in [0.29, 0.717) is 15.7 Å². The first-order valence-corrected chi connectivity index (χ1v) is 4.98. The number of halogens is 2. The van der Waals surface area contributed by atoms with Crippen LogP contribution in [-0.2, 0) is 0 Å². The number of aliphatic imine (C=N–C) groups is 1. The molecule has 1 aliphatic rings. The third kappa shape index (κ3) is 2.00. The highest BCUT2D eigenvalue weighted by molar-refractivity contribution is 6.39. The van der Waals surface area contributed by atoms with Crippen molar-refractivity contribution in [3.63, 3.8) is 0 Å². The second kappa shape index (κ2) is 4.17. The van der Waals surface area contributed by atoms with Gasteiger partial charge in [-0.15, -0.1) is 0 Å². The van der Waals surface area contributed by atoms with Gasteiger partial charge < -0.3 is 5.32 Å². The van der Waals surface area contributed by atoms with Gasteiger partial charge in [-0.1, -0.05) is 29.3 Å². The molecule has 0 fully saturated rings. The standard InChI is InChI=1S/C9H9Cl2N3/c10-6-2-1-3-7(11)8(6)14-9-12-4-5-13-9/h1-4,9,13-14H,5H2. The van der Waals surface area contributed by atoms with Crippen molar-refractivity contribution in [2.45, 2.75) is 6.29 Å². The molecule has 1 unspecified atom stereocenters. The van der Waals surface area contributed by atoms with E-state index >= 15 is 0 Å². The minimum absolute atomic E-state index is 0.132. The molecule has 2 rings (SSSR count). The van der Waals surface area contributed by atoms with Crippen LogP contribution in [0.15, 0.2) is 23.2 Å². The molecule has 14 heavy (non-hydrogen) atoms. The largest absolute Gasteiger partial charge is 0.349 e. The Balaban J connectivity index is 2.19. The number of rotatable bonds is 2. The highest BCUT2D eigenvalue weighted by atomic mass is 35.5. The first-order chi connectivity index (χ1) is 6.77. The van der Waals surface area contributed by atoms with Gasteiger partial charge in [-0.3, -0.25) is 10.3 Å². The number of para-hydroxylation sites is 1. The predicted octanol–water partition coefficient (Wildman–Crippen LogP) is 2.36. The Morgan fingerprint density at radius 3 is 2.64 bits per heavy atom. The topological polar surface area (TPSA) is 36.4 Å². The van der Waals surface area contributed by atoms with Gasteiger partial charge in [0.15, 0.2) is 6.29 Å². The van der Waals surface area contributed by atoms with Gasteiger partial charge in [-0.2, -0.15) is 0 Å². The van der Waals surface area contributed by atoms with Crippen molar-refractivity contribution in [3.05, 3.63) is 28.2 Å². The van der Waals surface area contributed by atoms with E-state index in [1.54, 1.807) is 18.2 Å². The second-order valence-corrected chi connectivity index (χ2v) is 3.70. The quantitative estimate of drug-likeness (QED) is 0.818. The van der Waals surface area contributed by atoms with E-state index in [2.05, 4.69) is 15.6 Å². The highest BCUT2D eigenvalue weighted by Crippen LogP contribution is 2.30. The molecule has 0 radical (unpaired) electrons. The molecule has 0 spiro atoms. The lowest BCUT2D eigenvalue weighted by molar-refractivity contribution is 0.674. The fourth-order valence-corrected chi connectivity index (χ4v) is 1.74. The van der Waals surface area contributed by atoms with E-state index in [4.69, 9.17) is 23.2 Å². The minimum atomic E-state index is -0.132. The van der Waals surface area contributed by atoms with Crippen LogP contribution in [0.25, 0.3) is 0 Å². The molecular formula is C9H9Cl2N3. The highest BCUT2D eigenvalue weighted by Gasteiger charge is 2.12. The number of anilines is 1. The van der Waals surface area contributed by atoms with Crippen LogP contribution in [0.1, 0.15) is 0 Å². The monoisotopic (exact) mass is 229 g/mol. The van der Waals surface area contributed by atoms with Gasteiger partial charge in [0.1, 0.15) is 0 Å². The number of hydrogen-bond acceptors (Lipinski definition) is 3. The molecular weight excluding hydrogens is 221 g/mol. The van der Waals surface area contributed by atoms with Crippen molar-refractivity contribution in [1.82, 2.24) is 5.32 Å². The molecule has 3 nitrogen and oxygen atoms in total. The average Bonchev–Trinajstić information content (AvgIpc) is 2.64. The zero-order valence-corrected chi connectivity index (χ0v) is 8.81. The molecule has 1 aromatic carbocycles. The minimum Gasteiger partial charge on any atom is -0.349 e. The Kier molecular flexibility index (Phi) is 2.91. The van der Waals surface area contributed by atoms with E-state index in [-0.39, 0.29) is 6.29 Å². The smallest absolute Gasteiger partial charge is 0.173 e. The summed E-state index contributed by atoms with van der Waals surface area (Å²) in [6, 6.07) is 5.38. The lowest BCUT2D eigenvalue weighted by atomic mass is 10.3. The van der Waals surface area contributed by atoms with Crippen molar-refractivity contribution in [1.29, 1.82) is 0 Å². The van der Waals surface area contributed by atoms with Gasteiger partial charge >= 0.3 is 0 Å². The molecule has 5 heteroatoms. The van der Waals surface area contributed by atoms with Crippen LogP contribution >= 0.6 is 23.2 Å². The Labute approximate surface area is 92.1 Å². The lowest BCUT2D eigenvalue weighted by Crippen LogP contribution is -2.30. The van der Waals surface area contributed by atoms with Crippen LogP contribution in [-0.4, -0.2) is 19.0 Å². The summed E-state index contributed by atoms with van der Waals surface area (Å²) in [6.45, 7) is 0.764.